The Labute approximate surface area is 118 Å². The zero-order valence-electron chi connectivity index (χ0n) is 11.2. The summed E-state index contributed by atoms with van der Waals surface area (Å²) in [5.41, 5.74) is 2.40. The molecule has 2 aromatic carbocycles. The van der Waals surface area contributed by atoms with E-state index in [1.54, 1.807) is 30.3 Å². The highest BCUT2D eigenvalue weighted by Gasteiger charge is 2.05. The van der Waals surface area contributed by atoms with Crippen LogP contribution >= 0.6 is 0 Å². The van der Waals surface area contributed by atoms with Crippen LogP contribution in [0.25, 0.3) is 0 Å². The molecule has 0 aliphatic heterocycles. The van der Waals surface area contributed by atoms with Crippen molar-refractivity contribution in [3.63, 3.8) is 0 Å². The van der Waals surface area contributed by atoms with Crippen molar-refractivity contribution in [3.8, 4) is 18.1 Å². The second-order valence-corrected chi connectivity index (χ2v) is 4.34. The highest BCUT2D eigenvalue weighted by molar-refractivity contribution is 6.04. The Kier molecular flexibility index (Phi) is 4.41. The average molecular weight is 265 g/mol. The fraction of sp³-hybridized carbons (Fsp3) is 0.118. The molecule has 1 amide bonds. The summed E-state index contributed by atoms with van der Waals surface area (Å²) in [5, 5.41) is 2.83. The maximum absolute atomic E-state index is 12.1. The van der Waals surface area contributed by atoms with Crippen LogP contribution in [0.4, 0.5) is 5.69 Å². The van der Waals surface area contributed by atoms with Crippen molar-refractivity contribution >= 4 is 11.6 Å². The molecule has 0 saturated carbocycles. The van der Waals surface area contributed by atoms with Crippen molar-refractivity contribution in [2.45, 2.75) is 6.92 Å². The van der Waals surface area contributed by atoms with Gasteiger partial charge in [-0.05, 0) is 43.3 Å². The number of aryl methyl sites for hydroxylation is 1. The van der Waals surface area contributed by atoms with Crippen LogP contribution in [0.1, 0.15) is 15.9 Å². The lowest BCUT2D eigenvalue weighted by atomic mass is 10.1. The molecule has 20 heavy (non-hydrogen) atoms. The van der Waals surface area contributed by atoms with Gasteiger partial charge in [0.05, 0.1) is 0 Å². The number of hydrogen-bond acceptors (Lipinski definition) is 2. The Bertz CT molecular complexity index is 639. The van der Waals surface area contributed by atoms with Crippen molar-refractivity contribution in [3.05, 3.63) is 59.7 Å². The van der Waals surface area contributed by atoms with E-state index in [0.717, 1.165) is 5.56 Å². The molecule has 1 N–H and O–H groups in total. The molecule has 0 unspecified atom stereocenters. The van der Waals surface area contributed by atoms with Crippen molar-refractivity contribution < 1.29 is 9.53 Å². The summed E-state index contributed by atoms with van der Waals surface area (Å²) >= 11 is 0. The Balaban J connectivity index is 2.03. The van der Waals surface area contributed by atoms with Gasteiger partial charge in [0.2, 0.25) is 0 Å². The van der Waals surface area contributed by atoms with Gasteiger partial charge in [-0.1, -0.05) is 23.6 Å². The molecule has 3 heteroatoms. The molecule has 100 valence electrons. The lowest BCUT2D eigenvalue weighted by Crippen LogP contribution is -2.11. The zero-order chi connectivity index (χ0) is 14.4. The smallest absolute Gasteiger partial charge is 0.255 e. The minimum atomic E-state index is -0.133. The minimum Gasteiger partial charge on any atom is -0.481 e. The molecule has 0 spiro atoms. The number of ether oxygens (including phenoxy) is 1. The van der Waals surface area contributed by atoms with Crippen LogP contribution in [0, 0.1) is 19.3 Å². The van der Waals surface area contributed by atoms with E-state index < -0.39 is 0 Å². The normalized spacial score (nSPS) is 9.60. The van der Waals surface area contributed by atoms with Gasteiger partial charge in [0, 0.05) is 11.3 Å². The highest BCUT2D eigenvalue weighted by Crippen LogP contribution is 2.16. The molecule has 2 aromatic rings. The molecular formula is C17H15NO2. The largest absolute Gasteiger partial charge is 0.481 e. The van der Waals surface area contributed by atoms with Gasteiger partial charge in [-0.15, -0.1) is 6.42 Å². The van der Waals surface area contributed by atoms with E-state index in [2.05, 4.69) is 11.2 Å². The Hall–Kier alpha value is -2.73. The summed E-state index contributed by atoms with van der Waals surface area (Å²) < 4.78 is 5.27. The fourth-order valence-corrected chi connectivity index (χ4v) is 1.75. The molecule has 0 saturated heterocycles. The van der Waals surface area contributed by atoms with Gasteiger partial charge < -0.3 is 10.1 Å². The average Bonchev–Trinajstić information content (AvgIpc) is 2.46. The maximum Gasteiger partial charge on any atom is 0.255 e. The number of carbonyl (C=O) groups excluding carboxylic acids is 1. The number of rotatable bonds is 4. The standard InChI is InChI=1S/C17H15NO2/c1-3-11-20-16-9-7-15(8-10-16)18-17(19)14-6-4-5-13(2)12-14/h1,4-10,12H,11H2,2H3,(H,18,19). The van der Waals surface area contributed by atoms with Gasteiger partial charge in [-0.3, -0.25) is 4.79 Å². The predicted octanol–water partition coefficient (Wildman–Crippen LogP) is 3.26. The van der Waals surface area contributed by atoms with Gasteiger partial charge in [0.1, 0.15) is 12.4 Å². The number of anilines is 1. The van der Waals surface area contributed by atoms with Crippen molar-refractivity contribution in [1.82, 2.24) is 0 Å². The number of hydrogen-bond donors (Lipinski definition) is 1. The molecule has 0 radical (unpaired) electrons. The van der Waals surface area contributed by atoms with Crippen LogP contribution in [0.5, 0.6) is 5.75 Å². The van der Waals surface area contributed by atoms with E-state index in [1.165, 1.54) is 0 Å². The van der Waals surface area contributed by atoms with Gasteiger partial charge in [0.25, 0.3) is 5.91 Å². The summed E-state index contributed by atoms with van der Waals surface area (Å²) in [5.74, 6) is 2.94. The second-order valence-electron chi connectivity index (χ2n) is 4.34. The summed E-state index contributed by atoms with van der Waals surface area (Å²) in [7, 11) is 0. The van der Waals surface area contributed by atoms with Crippen molar-refractivity contribution in [2.24, 2.45) is 0 Å². The van der Waals surface area contributed by atoms with Crippen molar-refractivity contribution in [2.75, 3.05) is 11.9 Å². The van der Waals surface area contributed by atoms with Gasteiger partial charge in [-0.25, -0.2) is 0 Å². The highest BCUT2D eigenvalue weighted by atomic mass is 16.5. The Morgan fingerprint density at radius 1 is 1.25 bits per heavy atom. The number of benzene rings is 2. The number of amides is 1. The summed E-state index contributed by atoms with van der Waals surface area (Å²) in [6.07, 6.45) is 5.12. The van der Waals surface area contributed by atoms with Crippen LogP contribution in [-0.4, -0.2) is 12.5 Å². The van der Waals surface area contributed by atoms with Gasteiger partial charge in [-0.2, -0.15) is 0 Å². The van der Waals surface area contributed by atoms with E-state index >= 15 is 0 Å². The molecule has 0 heterocycles. The molecular weight excluding hydrogens is 250 g/mol. The Morgan fingerprint density at radius 2 is 2.00 bits per heavy atom. The first-order chi connectivity index (χ1) is 9.69. The quantitative estimate of drug-likeness (QED) is 0.862. The third-order valence-corrected chi connectivity index (χ3v) is 2.71. The van der Waals surface area contributed by atoms with Gasteiger partial charge >= 0.3 is 0 Å². The van der Waals surface area contributed by atoms with Crippen molar-refractivity contribution in [1.29, 1.82) is 0 Å². The van der Waals surface area contributed by atoms with E-state index in [4.69, 9.17) is 11.2 Å². The molecule has 0 aliphatic rings. The SMILES string of the molecule is C#CCOc1ccc(NC(=O)c2cccc(C)c2)cc1. The monoisotopic (exact) mass is 265 g/mol. The van der Waals surface area contributed by atoms with Gasteiger partial charge in [0.15, 0.2) is 0 Å². The zero-order valence-corrected chi connectivity index (χ0v) is 11.2. The molecule has 0 aromatic heterocycles. The minimum absolute atomic E-state index is 0.133. The van der Waals surface area contributed by atoms with Crippen LogP contribution in [0.15, 0.2) is 48.5 Å². The van der Waals surface area contributed by atoms with Crippen LogP contribution in [0.2, 0.25) is 0 Å². The molecule has 0 bridgehead atoms. The summed E-state index contributed by atoms with van der Waals surface area (Å²) in [4.78, 5) is 12.1. The molecule has 0 atom stereocenters. The van der Waals surface area contributed by atoms with Crippen LogP contribution < -0.4 is 10.1 Å². The second kappa shape index (κ2) is 6.44. The number of carbonyl (C=O) groups is 1. The lowest BCUT2D eigenvalue weighted by Gasteiger charge is -2.07. The van der Waals surface area contributed by atoms with Crippen LogP contribution in [-0.2, 0) is 0 Å². The summed E-state index contributed by atoms with van der Waals surface area (Å²) in [6, 6.07) is 14.5. The predicted molar refractivity (Wildman–Crippen MR) is 79.9 cm³/mol. The lowest BCUT2D eigenvalue weighted by molar-refractivity contribution is 0.102. The van der Waals surface area contributed by atoms with E-state index in [-0.39, 0.29) is 12.5 Å². The first-order valence-corrected chi connectivity index (χ1v) is 6.23. The number of terminal acetylenes is 1. The molecule has 0 aliphatic carbocycles. The first kappa shape index (κ1) is 13.7. The molecule has 0 fully saturated rings. The third-order valence-electron chi connectivity index (χ3n) is 2.71. The maximum atomic E-state index is 12.1. The number of nitrogens with one attached hydrogen (secondary N) is 1. The third kappa shape index (κ3) is 3.63. The Morgan fingerprint density at radius 3 is 2.65 bits per heavy atom. The van der Waals surface area contributed by atoms with E-state index in [0.29, 0.717) is 17.0 Å². The fourth-order valence-electron chi connectivity index (χ4n) is 1.75. The first-order valence-electron chi connectivity index (χ1n) is 6.23. The molecule has 2 rings (SSSR count). The van der Waals surface area contributed by atoms with Crippen LogP contribution in [0.3, 0.4) is 0 Å². The van der Waals surface area contributed by atoms with E-state index in [1.807, 2.05) is 25.1 Å². The topological polar surface area (TPSA) is 38.3 Å². The summed E-state index contributed by atoms with van der Waals surface area (Å²) in [6.45, 7) is 2.18. The molecule has 3 nitrogen and oxygen atoms in total. The van der Waals surface area contributed by atoms with E-state index in [9.17, 15) is 4.79 Å².